The van der Waals surface area contributed by atoms with Crippen LogP contribution in [-0.2, 0) is 0 Å². The van der Waals surface area contributed by atoms with Gasteiger partial charge < -0.3 is 5.11 Å². The van der Waals surface area contributed by atoms with E-state index in [9.17, 15) is 5.11 Å². The fraction of sp³-hybridized carbons (Fsp3) is 0.938. The van der Waals surface area contributed by atoms with Gasteiger partial charge in [-0.1, -0.05) is 78.1 Å². The first-order valence-corrected chi connectivity index (χ1v) is 7.82. The van der Waals surface area contributed by atoms with Gasteiger partial charge in [0.05, 0.1) is 6.10 Å². The minimum absolute atomic E-state index is 0.151. The first-order valence-electron chi connectivity index (χ1n) is 7.82. The number of hydrogen-bond acceptors (Lipinski definition) is 1. The van der Waals surface area contributed by atoms with Crippen LogP contribution in [0.2, 0.25) is 0 Å². The molecule has 0 aliphatic carbocycles. The van der Waals surface area contributed by atoms with Crippen LogP contribution in [-0.4, -0.2) is 11.2 Å². The first-order chi connectivity index (χ1) is 8.31. The zero-order chi connectivity index (χ0) is 12.8. The second kappa shape index (κ2) is 14.0. The third-order valence-corrected chi connectivity index (χ3v) is 3.35. The van der Waals surface area contributed by atoms with Crippen molar-refractivity contribution in [1.29, 1.82) is 0 Å². The van der Waals surface area contributed by atoms with Crippen molar-refractivity contribution in [1.82, 2.24) is 0 Å². The SMILES string of the molecule is CCCCCCCCC[CH]C(O)CCCCC. The smallest absolute Gasteiger partial charge is 0.0572 e. The van der Waals surface area contributed by atoms with E-state index >= 15 is 0 Å². The molecule has 0 amide bonds. The van der Waals surface area contributed by atoms with Crippen LogP contribution < -0.4 is 0 Å². The monoisotopic (exact) mass is 241 g/mol. The summed E-state index contributed by atoms with van der Waals surface area (Å²) in [4.78, 5) is 0. The molecule has 1 nitrogen and oxygen atoms in total. The molecule has 0 aliphatic rings. The first kappa shape index (κ1) is 17.0. The van der Waals surface area contributed by atoms with Gasteiger partial charge in [0.25, 0.3) is 0 Å². The van der Waals surface area contributed by atoms with Gasteiger partial charge in [-0.15, -0.1) is 0 Å². The van der Waals surface area contributed by atoms with E-state index in [1.54, 1.807) is 0 Å². The molecule has 0 aromatic heterocycles. The third-order valence-electron chi connectivity index (χ3n) is 3.35. The molecule has 0 aliphatic heterocycles. The summed E-state index contributed by atoms with van der Waals surface area (Å²) in [5.74, 6) is 0. The van der Waals surface area contributed by atoms with Gasteiger partial charge in [0.1, 0.15) is 0 Å². The predicted octanol–water partition coefficient (Wildman–Crippen LogP) is 5.27. The van der Waals surface area contributed by atoms with Gasteiger partial charge >= 0.3 is 0 Å². The summed E-state index contributed by atoms with van der Waals surface area (Å²) in [7, 11) is 0. The van der Waals surface area contributed by atoms with E-state index in [0.717, 1.165) is 12.8 Å². The zero-order valence-electron chi connectivity index (χ0n) is 12.1. The molecule has 0 bridgehead atoms. The lowest BCUT2D eigenvalue weighted by atomic mass is 10.0. The van der Waals surface area contributed by atoms with Gasteiger partial charge in [-0.05, 0) is 19.3 Å². The normalized spacial score (nSPS) is 12.9. The molecule has 0 saturated carbocycles. The van der Waals surface area contributed by atoms with E-state index in [1.807, 2.05) is 0 Å². The Hall–Kier alpha value is -0.0400. The highest BCUT2D eigenvalue weighted by atomic mass is 16.3. The van der Waals surface area contributed by atoms with E-state index in [1.165, 1.54) is 64.2 Å². The maximum Gasteiger partial charge on any atom is 0.0572 e. The van der Waals surface area contributed by atoms with E-state index in [0.29, 0.717) is 0 Å². The second-order valence-electron chi connectivity index (χ2n) is 5.21. The second-order valence-corrected chi connectivity index (χ2v) is 5.21. The summed E-state index contributed by atoms with van der Waals surface area (Å²) in [6.45, 7) is 4.46. The summed E-state index contributed by atoms with van der Waals surface area (Å²) >= 11 is 0. The van der Waals surface area contributed by atoms with Crippen LogP contribution in [0.1, 0.15) is 90.9 Å². The molecule has 1 N–H and O–H groups in total. The average molecular weight is 241 g/mol. The van der Waals surface area contributed by atoms with Gasteiger partial charge in [-0.3, -0.25) is 0 Å². The van der Waals surface area contributed by atoms with E-state index in [2.05, 4.69) is 20.3 Å². The zero-order valence-corrected chi connectivity index (χ0v) is 12.1. The maximum absolute atomic E-state index is 9.69. The van der Waals surface area contributed by atoms with Crippen molar-refractivity contribution in [2.24, 2.45) is 0 Å². The van der Waals surface area contributed by atoms with Crippen LogP contribution in [0.4, 0.5) is 0 Å². The Kier molecular flexibility index (Phi) is 14.0. The van der Waals surface area contributed by atoms with E-state index in [4.69, 9.17) is 0 Å². The average Bonchev–Trinajstić information content (AvgIpc) is 2.33. The van der Waals surface area contributed by atoms with Crippen LogP contribution in [0, 0.1) is 6.42 Å². The lowest BCUT2D eigenvalue weighted by molar-refractivity contribution is 0.187. The highest BCUT2D eigenvalue weighted by Crippen LogP contribution is 2.12. The number of hydrogen-bond donors (Lipinski definition) is 1. The molecule has 1 atom stereocenters. The molecule has 1 radical (unpaired) electrons. The van der Waals surface area contributed by atoms with Crippen molar-refractivity contribution in [3.8, 4) is 0 Å². The van der Waals surface area contributed by atoms with Crippen molar-refractivity contribution in [2.75, 3.05) is 0 Å². The molecule has 17 heavy (non-hydrogen) atoms. The number of aliphatic hydroxyl groups excluding tert-OH is 1. The summed E-state index contributed by atoms with van der Waals surface area (Å²) in [6, 6.07) is 0. The molecule has 1 heteroatoms. The topological polar surface area (TPSA) is 20.2 Å². The molecule has 0 fully saturated rings. The van der Waals surface area contributed by atoms with Crippen molar-refractivity contribution in [3.05, 3.63) is 6.42 Å². The van der Waals surface area contributed by atoms with Crippen LogP contribution in [0.3, 0.4) is 0 Å². The lowest BCUT2D eigenvalue weighted by Crippen LogP contribution is -2.06. The van der Waals surface area contributed by atoms with Crippen molar-refractivity contribution in [2.45, 2.75) is 97.0 Å². The number of aliphatic hydroxyl groups is 1. The van der Waals surface area contributed by atoms with Crippen LogP contribution in [0.5, 0.6) is 0 Å². The molecule has 0 rings (SSSR count). The Morgan fingerprint density at radius 2 is 1.29 bits per heavy atom. The van der Waals surface area contributed by atoms with Crippen LogP contribution in [0.15, 0.2) is 0 Å². The van der Waals surface area contributed by atoms with Crippen LogP contribution in [0.25, 0.3) is 0 Å². The largest absolute Gasteiger partial charge is 0.393 e. The Bertz CT molecular complexity index is 133. The summed E-state index contributed by atoms with van der Waals surface area (Å²) in [5.41, 5.74) is 0. The van der Waals surface area contributed by atoms with Crippen molar-refractivity contribution < 1.29 is 5.11 Å². The molecule has 1 unspecified atom stereocenters. The van der Waals surface area contributed by atoms with Gasteiger partial charge in [0.15, 0.2) is 0 Å². The van der Waals surface area contributed by atoms with Crippen LogP contribution >= 0.6 is 0 Å². The fourth-order valence-corrected chi connectivity index (χ4v) is 2.13. The Morgan fingerprint density at radius 3 is 1.94 bits per heavy atom. The van der Waals surface area contributed by atoms with E-state index < -0.39 is 0 Å². The Balaban J connectivity index is 3.05. The molecule has 0 spiro atoms. The molecule has 0 heterocycles. The lowest BCUT2D eigenvalue weighted by Gasteiger charge is -2.09. The van der Waals surface area contributed by atoms with Gasteiger partial charge in [-0.2, -0.15) is 0 Å². The van der Waals surface area contributed by atoms with Crippen molar-refractivity contribution >= 4 is 0 Å². The molecule has 0 saturated heterocycles. The van der Waals surface area contributed by atoms with Gasteiger partial charge in [0, 0.05) is 0 Å². The quantitative estimate of drug-likeness (QED) is 0.435. The summed E-state index contributed by atoms with van der Waals surface area (Å²) in [6.07, 6.45) is 17.2. The Labute approximate surface area is 109 Å². The summed E-state index contributed by atoms with van der Waals surface area (Å²) < 4.78 is 0. The minimum Gasteiger partial charge on any atom is -0.393 e. The third kappa shape index (κ3) is 13.9. The predicted molar refractivity (Wildman–Crippen MR) is 77.1 cm³/mol. The minimum atomic E-state index is -0.151. The summed E-state index contributed by atoms with van der Waals surface area (Å²) in [5, 5.41) is 9.69. The highest BCUT2D eigenvalue weighted by molar-refractivity contribution is 4.74. The molecule has 103 valence electrons. The number of rotatable bonds is 13. The van der Waals surface area contributed by atoms with Gasteiger partial charge in [-0.25, -0.2) is 0 Å². The van der Waals surface area contributed by atoms with E-state index in [-0.39, 0.29) is 6.10 Å². The highest BCUT2D eigenvalue weighted by Gasteiger charge is 2.03. The fourth-order valence-electron chi connectivity index (χ4n) is 2.13. The number of unbranched alkanes of at least 4 members (excludes halogenated alkanes) is 9. The Morgan fingerprint density at radius 1 is 0.765 bits per heavy atom. The standard InChI is InChI=1S/C16H33O/c1-3-5-7-8-9-10-11-13-15-16(17)14-12-6-4-2/h15-17H,3-14H2,1-2H3. The molecule has 0 aromatic carbocycles. The van der Waals surface area contributed by atoms with Crippen molar-refractivity contribution in [3.63, 3.8) is 0 Å². The van der Waals surface area contributed by atoms with Gasteiger partial charge in [0.2, 0.25) is 0 Å². The molecular formula is C16H33O. The molecular weight excluding hydrogens is 208 g/mol. The molecule has 0 aromatic rings. The maximum atomic E-state index is 9.69.